The van der Waals surface area contributed by atoms with E-state index < -0.39 is 0 Å². The summed E-state index contributed by atoms with van der Waals surface area (Å²) in [5.41, 5.74) is 1.50. The van der Waals surface area contributed by atoms with Crippen LogP contribution < -0.4 is 5.32 Å². The Bertz CT molecular complexity index is 1040. The van der Waals surface area contributed by atoms with Crippen LogP contribution in [0.4, 0.5) is 4.39 Å². The van der Waals surface area contributed by atoms with Gasteiger partial charge in [-0.15, -0.1) is 21.5 Å². The van der Waals surface area contributed by atoms with Crippen molar-refractivity contribution in [1.29, 1.82) is 0 Å². The number of nitrogens with one attached hydrogen (secondary N) is 1. The lowest BCUT2D eigenvalue weighted by molar-refractivity contribution is 0.0956. The molecule has 2 aromatic heterocycles. The summed E-state index contributed by atoms with van der Waals surface area (Å²) in [6.45, 7) is 2.39. The minimum Gasteiger partial charge on any atom is -0.351 e. The molecule has 31 heavy (non-hydrogen) atoms. The molecular formula is C22H26FN5OS2. The first-order chi connectivity index (χ1) is 15.1. The van der Waals surface area contributed by atoms with E-state index in [1.165, 1.54) is 49.2 Å². The molecule has 0 saturated heterocycles. The fraction of sp³-hybridized carbons (Fsp3) is 0.455. The molecule has 2 heterocycles. The number of amides is 1. The monoisotopic (exact) mass is 459 g/mol. The van der Waals surface area contributed by atoms with Crippen LogP contribution in [0.5, 0.6) is 0 Å². The zero-order chi connectivity index (χ0) is 21.8. The number of benzene rings is 1. The molecule has 1 aromatic carbocycles. The molecule has 0 radical (unpaired) electrons. The number of rotatable bonds is 8. The van der Waals surface area contributed by atoms with Crippen LogP contribution in [0.1, 0.15) is 59.3 Å². The summed E-state index contributed by atoms with van der Waals surface area (Å²) in [6.07, 6.45) is 8.53. The summed E-state index contributed by atoms with van der Waals surface area (Å²) in [4.78, 5) is 17.7. The lowest BCUT2D eigenvalue weighted by Gasteiger charge is -2.16. The fourth-order valence-corrected chi connectivity index (χ4v) is 5.56. The van der Waals surface area contributed by atoms with Gasteiger partial charge in [-0.05, 0) is 56.7 Å². The summed E-state index contributed by atoms with van der Waals surface area (Å²) in [5, 5.41) is 13.5. The predicted molar refractivity (Wildman–Crippen MR) is 122 cm³/mol. The Hall–Kier alpha value is -2.26. The second kappa shape index (κ2) is 9.91. The third-order valence-electron chi connectivity index (χ3n) is 5.56. The van der Waals surface area contributed by atoms with Gasteiger partial charge in [-0.2, -0.15) is 0 Å². The number of thiazole rings is 1. The minimum atomic E-state index is -0.289. The Morgan fingerprint density at radius 3 is 2.71 bits per heavy atom. The van der Waals surface area contributed by atoms with Crippen molar-refractivity contribution >= 4 is 29.0 Å². The molecule has 9 heteroatoms. The SMILES string of the molecule is CSc1nnc(CCCNC(=O)c2sc(-c3ccc(F)cc3)nc2C)n1C1CCCC1. The molecule has 1 amide bonds. The van der Waals surface area contributed by atoms with Crippen molar-refractivity contribution in [1.82, 2.24) is 25.1 Å². The Balaban J connectivity index is 1.34. The van der Waals surface area contributed by atoms with Crippen molar-refractivity contribution in [2.24, 2.45) is 0 Å². The van der Waals surface area contributed by atoms with E-state index in [2.05, 4.69) is 25.1 Å². The lowest BCUT2D eigenvalue weighted by atomic mass is 10.2. The van der Waals surface area contributed by atoms with Crippen LogP contribution in [-0.4, -0.2) is 38.5 Å². The van der Waals surface area contributed by atoms with E-state index in [0.717, 1.165) is 34.4 Å². The van der Waals surface area contributed by atoms with Crippen LogP contribution in [0.25, 0.3) is 10.6 Å². The number of nitrogens with zero attached hydrogens (tertiary/aromatic N) is 4. The number of carbonyl (C=O) groups is 1. The standard InChI is InChI=1S/C22H26FN5OS2/c1-14-19(31-21(25-14)15-9-11-16(23)12-10-15)20(29)24-13-5-8-18-26-27-22(30-2)28(18)17-6-3-4-7-17/h9-12,17H,3-8,13H2,1-2H3,(H,24,29). The highest BCUT2D eigenvalue weighted by Crippen LogP contribution is 2.33. The largest absolute Gasteiger partial charge is 0.351 e. The maximum atomic E-state index is 13.2. The van der Waals surface area contributed by atoms with Gasteiger partial charge < -0.3 is 9.88 Å². The van der Waals surface area contributed by atoms with Gasteiger partial charge in [0.05, 0.1) is 5.69 Å². The van der Waals surface area contributed by atoms with Crippen molar-refractivity contribution in [3.05, 3.63) is 46.5 Å². The van der Waals surface area contributed by atoms with Crippen molar-refractivity contribution in [3.63, 3.8) is 0 Å². The van der Waals surface area contributed by atoms with Crippen LogP contribution >= 0.6 is 23.1 Å². The maximum absolute atomic E-state index is 13.2. The molecule has 1 fully saturated rings. The van der Waals surface area contributed by atoms with Gasteiger partial charge in [0.1, 0.15) is 21.5 Å². The molecule has 4 rings (SSSR count). The van der Waals surface area contributed by atoms with Crippen LogP contribution in [0.15, 0.2) is 29.4 Å². The van der Waals surface area contributed by atoms with E-state index in [1.807, 2.05) is 13.2 Å². The number of aryl methyl sites for hydroxylation is 2. The van der Waals surface area contributed by atoms with E-state index in [1.54, 1.807) is 23.9 Å². The second-order valence-corrected chi connectivity index (χ2v) is 9.48. The van der Waals surface area contributed by atoms with Gasteiger partial charge >= 0.3 is 0 Å². The molecule has 164 valence electrons. The molecule has 1 aliphatic carbocycles. The van der Waals surface area contributed by atoms with Gasteiger partial charge in [0.25, 0.3) is 5.91 Å². The zero-order valence-electron chi connectivity index (χ0n) is 17.7. The molecule has 0 bridgehead atoms. The molecule has 0 atom stereocenters. The fourth-order valence-electron chi connectivity index (χ4n) is 4.00. The predicted octanol–water partition coefficient (Wildman–Crippen LogP) is 5.05. The first kappa shape index (κ1) is 22.0. The highest BCUT2D eigenvalue weighted by Gasteiger charge is 2.23. The number of halogens is 1. The van der Waals surface area contributed by atoms with E-state index in [0.29, 0.717) is 23.2 Å². The molecule has 1 saturated carbocycles. The lowest BCUT2D eigenvalue weighted by Crippen LogP contribution is -2.25. The zero-order valence-corrected chi connectivity index (χ0v) is 19.4. The Morgan fingerprint density at radius 1 is 1.26 bits per heavy atom. The van der Waals surface area contributed by atoms with Gasteiger partial charge in [0, 0.05) is 24.6 Å². The second-order valence-electron chi connectivity index (χ2n) is 7.71. The Morgan fingerprint density at radius 2 is 2.00 bits per heavy atom. The highest BCUT2D eigenvalue weighted by molar-refractivity contribution is 7.98. The van der Waals surface area contributed by atoms with E-state index in [4.69, 9.17) is 0 Å². The van der Waals surface area contributed by atoms with Crippen LogP contribution in [0, 0.1) is 12.7 Å². The van der Waals surface area contributed by atoms with E-state index in [9.17, 15) is 9.18 Å². The molecule has 1 N–H and O–H groups in total. The number of thioether (sulfide) groups is 1. The third-order valence-corrected chi connectivity index (χ3v) is 7.41. The van der Waals surface area contributed by atoms with Crippen molar-refractivity contribution in [3.8, 4) is 10.6 Å². The van der Waals surface area contributed by atoms with Crippen molar-refractivity contribution < 1.29 is 9.18 Å². The number of carbonyl (C=O) groups excluding carboxylic acids is 1. The molecule has 0 spiro atoms. The Labute approximate surface area is 189 Å². The summed E-state index contributed by atoms with van der Waals surface area (Å²) in [5.74, 6) is 0.604. The number of hydrogen-bond donors (Lipinski definition) is 1. The molecule has 1 aliphatic rings. The average molecular weight is 460 g/mol. The van der Waals surface area contributed by atoms with Gasteiger partial charge in [-0.25, -0.2) is 9.37 Å². The topological polar surface area (TPSA) is 72.7 Å². The minimum absolute atomic E-state index is 0.120. The third kappa shape index (κ3) is 4.98. The maximum Gasteiger partial charge on any atom is 0.263 e. The van der Waals surface area contributed by atoms with Crippen LogP contribution in [-0.2, 0) is 6.42 Å². The van der Waals surface area contributed by atoms with Crippen molar-refractivity contribution in [2.75, 3.05) is 12.8 Å². The smallest absolute Gasteiger partial charge is 0.263 e. The molecule has 0 unspecified atom stereocenters. The van der Waals surface area contributed by atoms with Gasteiger partial charge in [-0.3, -0.25) is 4.79 Å². The number of aromatic nitrogens is 4. The quantitative estimate of drug-likeness (QED) is 0.377. The first-order valence-corrected chi connectivity index (χ1v) is 12.6. The summed E-state index contributed by atoms with van der Waals surface area (Å²) in [7, 11) is 0. The molecule has 0 aliphatic heterocycles. The van der Waals surface area contributed by atoms with Gasteiger partial charge in [-0.1, -0.05) is 24.6 Å². The number of hydrogen-bond acceptors (Lipinski definition) is 6. The van der Waals surface area contributed by atoms with Crippen LogP contribution in [0.3, 0.4) is 0 Å². The van der Waals surface area contributed by atoms with E-state index in [-0.39, 0.29) is 11.7 Å². The normalized spacial score (nSPS) is 14.3. The summed E-state index contributed by atoms with van der Waals surface area (Å²) in [6, 6.07) is 6.67. The van der Waals surface area contributed by atoms with E-state index >= 15 is 0 Å². The molecule has 6 nitrogen and oxygen atoms in total. The van der Waals surface area contributed by atoms with Crippen molar-refractivity contribution in [2.45, 2.75) is 56.6 Å². The van der Waals surface area contributed by atoms with Gasteiger partial charge in [0.2, 0.25) is 0 Å². The highest BCUT2D eigenvalue weighted by atomic mass is 32.2. The van der Waals surface area contributed by atoms with Crippen LogP contribution in [0.2, 0.25) is 0 Å². The van der Waals surface area contributed by atoms with Gasteiger partial charge in [0.15, 0.2) is 5.16 Å². The Kier molecular flexibility index (Phi) is 7.02. The molecule has 3 aromatic rings. The summed E-state index contributed by atoms with van der Waals surface area (Å²) < 4.78 is 15.5. The first-order valence-electron chi connectivity index (χ1n) is 10.6. The molecular weight excluding hydrogens is 433 g/mol. The summed E-state index contributed by atoms with van der Waals surface area (Å²) >= 11 is 2.97. The average Bonchev–Trinajstić information content (AvgIpc) is 3.51.